The number of carbonyl (C=O) groups excluding carboxylic acids is 2. The third kappa shape index (κ3) is 8.71. The minimum absolute atomic E-state index is 0.0453. The van der Waals surface area contributed by atoms with Crippen LogP contribution in [0.4, 0.5) is 87.8 Å². The molecule has 74 heavy (non-hydrogen) atoms. The van der Waals surface area contributed by atoms with Crippen LogP contribution >= 0.6 is 0 Å². The molecule has 7 aromatic carbocycles. The molecule has 25 heteroatoms. The lowest BCUT2D eigenvalue weighted by Gasteiger charge is -2.44. The van der Waals surface area contributed by atoms with Crippen LogP contribution in [-0.2, 0) is 6.54 Å². The summed E-state index contributed by atoms with van der Waals surface area (Å²) < 4.78 is 301. The number of halogens is 20. The van der Waals surface area contributed by atoms with Gasteiger partial charge >= 0.3 is 5.97 Å². The number of esters is 1. The molecule has 4 nitrogen and oxygen atoms in total. The van der Waals surface area contributed by atoms with Crippen molar-refractivity contribution in [3.05, 3.63) is 224 Å². The number of Topliss-reactive ketones (excluding diaryl/α,β-unsaturated/α-hetero) is 1. The second-order valence-corrected chi connectivity index (χ2v) is 15.7. The average Bonchev–Trinajstić information content (AvgIpc) is 3.39. The third-order valence-corrected chi connectivity index (χ3v) is 11.5. The molecule has 0 saturated carbocycles. The Morgan fingerprint density at radius 2 is 0.716 bits per heavy atom. The Labute approximate surface area is 400 Å². The van der Waals surface area contributed by atoms with Gasteiger partial charge in [-0.25, -0.2) is 92.6 Å². The van der Waals surface area contributed by atoms with Crippen molar-refractivity contribution in [3.8, 4) is 5.75 Å². The van der Waals surface area contributed by atoms with Crippen LogP contribution in [0, 0.1) is 123 Å². The highest BCUT2D eigenvalue weighted by Crippen LogP contribution is 2.31. The molecule has 382 valence electrons. The molecule has 0 fully saturated rings. The third-order valence-electron chi connectivity index (χ3n) is 11.5. The monoisotopic (exact) mass is 1060 g/mol. The van der Waals surface area contributed by atoms with Gasteiger partial charge in [0.2, 0.25) is 17.8 Å². The molecule has 0 bridgehead atoms. The first kappa shape index (κ1) is 53.6. The number of fused-ring (bicyclic) bond motifs is 1. The molecule has 0 saturated heterocycles. The van der Waals surface area contributed by atoms with Crippen LogP contribution in [0.25, 0.3) is 10.9 Å². The average molecular weight is 1060 g/mol. The van der Waals surface area contributed by atoms with Crippen molar-refractivity contribution in [3.63, 3.8) is 0 Å². The summed E-state index contributed by atoms with van der Waals surface area (Å²) in [7, 11) is 0. The molecule has 8 aromatic rings. The van der Waals surface area contributed by atoms with E-state index in [1.165, 1.54) is 0 Å². The molecule has 1 heterocycles. The van der Waals surface area contributed by atoms with Crippen LogP contribution in [-0.4, -0.2) is 17.9 Å². The summed E-state index contributed by atoms with van der Waals surface area (Å²) in [4.78, 5) is 25.8. The predicted octanol–water partition coefficient (Wildman–Crippen LogP) is 10.4. The zero-order chi connectivity index (χ0) is 54.6. The van der Waals surface area contributed by atoms with Crippen molar-refractivity contribution < 1.29 is 107 Å². The molecule has 0 aliphatic heterocycles. The number of aromatic nitrogens is 1. The van der Waals surface area contributed by atoms with E-state index in [1.54, 1.807) is 34.9 Å². The van der Waals surface area contributed by atoms with Crippen molar-refractivity contribution in [2.75, 3.05) is 0 Å². The smallest absolute Gasteiger partial charge is 0.409 e. The van der Waals surface area contributed by atoms with Crippen molar-refractivity contribution in [2.45, 2.75) is 13.5 Å². The largest absolute Gasteiger partial charge is 0.419 e. The number of hydrogen-bond acceptors (Lipinski definition) is 3. The number of ketones is 1. The molecule has 1 aromatic heterocycles. The zero-order valence-corrected chi connectivity index (χ0v) is 36.2. The van der Waals surface area contributed by atoms with E-state index in [2.05, 4.69) is 0 Å². The summed E-state index contributed by atoms with van der Waals surface area (Å²) in [6.45, 7) is 2.02. The number of para-hydroxylation sites is 1. The topological polar surface area (TPSA) is 47.2 Å². The van der Waals surface area contributed by atoms with E-state index in [0.29, 0.717) is 17.0 Å². The summed E-state index contributed by atoms with van der Waals surface area (Å²) in [5.74, 6) is -71.5. The number of rotatable bonds is 9. The molecular weight excluding hydrogens is 1040 g/mol. The lowest BCUT2D eigenvalue weighted by Crippen LogP contribution is -2.81. The van der Waals surface area contributed by atoms with Crippen LogP contribution in [0.5, 0.6) is 5.75 Å². The number of nitrogens with zero attached hydrogens (tertiary/aromatic N) is 1. The summed E-state index contributed by atoms with van der Waals surface area (Å²) in [6.07, 6.45) is -7.22. The van der Waals surface area contributed by atoms with E-state index in [1.807, 2.05) is 67.6 Å². The van der Waals surface area contributed by atoms with Gasteiger partial charge in [0, 0.05) is 23.1 Å². The lowest BCUT2D eigenvalue weighted by atomic mass is 9.12. The Balaban J connectivity index is 0.000000237. The van der Waals surface area contributed by atoms with Crippen molar-refractivity contribution in [1.82, 2.24) is 0 Å². The number of benzene rings is 7. The zero-order valence-electron chi connectivity index (χ0n) is 36.2. The maximum Gasteiger partial charge on any atom is 0.409 e. The molecule has 0 unspecified atom stereocenters. The Hall–Kier alpha value is -8.25. The first-order valence-electron chi connectivity index (χ1n) is 20.3. The standard InChI is InChI=1S/C25H20NO3.C24BF20/c1-18-11-14-21(15-12-18)29-25(28)23-16-13-19-7-5-6-10-22(19)26(23)17-24(27)20-8-3-2-4-9-20;26-5-1(6(27)14(35)21(42)13(5)34)25(2-7(28)15(36)22(43)16(37)8(2)29,3-9(30)17(38)23(44)18(39)10(3)31)4-11(32)19(40)24(45)20(41)12(4)33/h2-16H,17H2,1H3;/q+1;-1. The molecule has 0 spiro atoms. The number of pyridine rings is 1. The molecule has 0 radical (unpaired) electrons. The van der Waals surface area contributed by atoms with E-state index >= 15 is 35.1 Å². The molecule has 0 N–H and O–H groups in total. The Morgan fingerprint density at radius 1 is 0.392 bits per heavy atom. The van der Waals surface area contributed by atoms with Crippen LogP contribution in [0.15, 0.2) is 91.0 Å². The van der Waals surface area contributed by atoms with Crippen molar-refractivity contribution in [1.29, 1.82) is 0 Å². The van der Waals surface area contributed by atoms with Gasteiger partial charge in [0.05, 0.1) is 0 Å². The van der Waals surface area contributed by atoms with Gasteiger partial charge < -0.3 is 4.74 Å². The van der Waals surface area contributed by atoms with Crippen LogP contribution in [0.3, 0.4) is 0 Å². The fourth-order valence-corrected chi connectivity index (χ4v) is 8.11. The summed E-state index contributed by atoms with van der Waals surface area (Å²) in [5, 5.41) is 0.945. The van der Waals surface area contributed by atoms with Crippen LogP contribution in [0.1, 0.15) is 26.4 Å². The van der Waals surface area contributed by atoms with Gasteiger partial charge in [-0.2, -0.15) is 4.57 Å². The van der Waals surface area contributed by atoms with Gasteiger partial charge in [0.1, 0.15) is 58.4 Å². The molecule has 0 amide bonds. The van der Waals surface area contributed by atoms with Gasteiger partial charge in [0.25, 0.3) is 5.69 Å². The van der Waals surface area contributed by atoms with Gasteiger partial charge in [-0.15, -0.1) is 21.9 Å². The number of carbonyl (C=O) groups is 2. The van der Waals surface area contributed by atoms with E-state index in [9.17, 15) is 62.3 Å². The molecule has 0 atom stereocenters. The maximum absolute atomic E-state index is 15.4. The molecule has 0 aliphatic rings. The SMILES string of the molecule is Cc1ccc(OC(=O)c2ccc3ccccc3[n+]2CC(=O)c2ccccc2)cc1.Fc1c(F)c(F)c([B-](c2c(F)c(F)c(F)c(F)c2F)(c2c(F)c(F)c(F)c(F)c2F)c2c(F)c(F)c(F)c(F)c2F)c(F)c1F. The molecular formula is C49H20BF20NO3. The van der Waals surface area contributed by atoms with Gasteiger partial charge in [0.15, 0.2) is 69.8 Å². The van der Waals surface area contributed by atoms with Gasteiger partial charge in [-0.05, 0) is 31.2 Å². The van der Waals surface area contributed by atoms with Crippen LogP contribution in [0.2, 0.25) is 0 Å². The minimum Gasteiger partial charge on any atom is -0.419 e. The molecule has 8 rings (SSSR count). The number of aryl methyl sites for hydroxylation is 1. The maximum atomic E-state index is 15.4. The second-order valence-electron chi connectivity index (χ2n) is 15.7. The second kappa shape index (κ2) is 20.3. The first-order chi connectivity index (χ1) is 34.8. The number of ether oxygens (including phenoxy) is 1. The highest BCUT2D eigenvalue weighted by Gasteiger charge is 2.52. The summed E-state index contributed by atoms with van der Waals surface area (Å²) in [6, 6.07) is 27.6. The van der Waals surface area contributed by atoms with Crippen LogP contribution < -0.4 is 31.2 Å². The highest BCUT2D eigenvalue weighted by atomic mass is 19.2. The van der Waals surface area contributed by atoms with E-state index in [-0.39, 0.29) is 12.3 Å². The van der Waals surface area contributed by atoms with E-state index in [4.69, 9.17) is 4.74 Å². The Kier molecular flexibility index (Phi) is 14.7. The lowest BCUT2D eigenvalue weighted by molar-refractivity contribution is -0.659. The fraction of sp³-hybridized carbons (Fsp3) is 0.0408. The fourth-order valence-electron chi connectivity index (χ4n) is 8.11. The Morgan fingerprint density at radius 3 is 1.08 bits per heavy atom. The van der Waals surface area contributed by atoms with Gasteiger partial charge in [-0.1, -0.05) is 60.2 Å². The Bertz CT molecular complexity index is 3240. The number of hydrogen-bond donors (Lipinski definition) is 0. The molecule has 0 aliphatic carbocycles. The quantitative estimate of drug-likeness (QED) is 0.0212. The first-order valence-corrected chi connectivity index (χ1v) is 20.3. The van der Waals surface area contributed by atoms with Gasteiger partial charge in [-0.3, -0.25) is 4.79 Å². The summed E-state index contributed by atoms with van der Waals surface area (Å²) >= 11 is 0. The normalized spacial score (nSPS) is 11.5. The van der Waals surface area contributed by atoms with Crippen molar-refractivity contribution in [2.24, 2.45) is 0 Å². The van der Waals surface area contributed by atoms with E-state index < -0.39 is 150 Å². The summed E-state index contributed by atoms with van der Waals surface area (Å²) in [5.41, 5.74) is -11.5. The van der Waals surface area contributed by atoms with E-state index in [0.717, 1.165) is 16.5 Å². The predicted molar refractivity (Wildman–Crippen MR) is 220 cm³/mol. The highest BCUT2D eigenvalue weighted by molar-refractivity contribution is 7.20. The van der Waals surface area contributed by atoms with Crippen molar-refractivity contribution >= 4 is 50.7 Å². The minimum atomic E-state index is -7.22.